The first-order valence-electron chi connectivity index (χ1n) is 22.6. The van der Waals surface area contributed by atoms with Crippen LogP contribution in [0.15, 0.2) is 103 Å². The average molecular weight is 748 g/mol. The molecule has 290 valence electrons. The quantitative estimate of drug-likeness (QED) is 0.177. The SMILES string of the molecule is CC1(C)CCC(C)(C)c2c(N(c3cc4c(cc3-c3ccccc3)-c3ccccc3C43C4CC5CC6CC3C64C5)c3cccc4c3C(C)(C)CCC4(C)C)cccc21. The molecular weight excluding hydrogens is 687 g/mol. The molecular formula is C56H61N. The second kappa shape index (κ2) is 10.9. The van der Waals surface area contributed by atoms with Crippen LogP contribution in [-0.4, -0.2) is 0 Å². The molecule has 6 unspecified atom stereocenters. The Labute approximate surface area is 342 Å². The maximum absolute atomic E-state index is 2.84. The first kappa shape index (κ1) is 34.9. The number of nitrogens with zero attached hydrogens (tertiary/aromatic N) is 1. The zero-order valence-electron chi connectivity index (χ0n) is 35.7. The van der Waals surface area contributed by atoms with Crippen molar-refractivity contribution in [1.29, 1.82) is 0 Å². The van der Waals surface area contributed by atoms with E-state index in [-0.39, 0.29) is 27.1 Å². The average Bonchev–Trinajstić information content (AvgIpc) is 3.82. The summed E-state index contributed by atoms with van der Waals surface area (Å²) < 4.78 is 0. The summed E-state index contributed by atoms with van der Waals surface area (Å²) >= 11 is 0. The fourth-order valence-electron chi connectivity index (χ4n) is 15.5. The second-order valence-corrected chi connectivity index (χ2v) is 22.7. The third kappa shape index (κ3) is 4.18. The Morgan fingerprint density at radius 3 is 1.65 bits per heavy atom. The lowest BCUT2D eigenvalue weighted by atomic mass is 9.27. The van der Waals surface area contributed by atoms with Crippen LogP contribution in [0.4, 0.5) is 17.1 Å². The van der Waals surface area contributed by atoms with Gasteiger partial charge in [-0.25, -0.2) is 0 Å². The Kier molecular flexibility index (Phi) is 6.69. The molecule has 1 nitrogen and oxygen atoms in total. The molecule has 2 spiro atoms. The molecule has 0 N–H and O–H groups in total. The van der Waals surface area contributed by atoms with Crippen LogP contribution in [-0.2, 0) is 27.1 Å². The van der Waals surface area contributed by atoms with Crippen LogP contribution in [0.2, 0.25) is 0 Å². The van der Waals surface area contributed by atoms with E-state index in [1.54, 1.807) is 22.3 Å². The lowest BCUT2D eigenvalue weighted by molar-refractivity contribution is -0.231. The largest absolute Gasteiger partial charge is 0.309 e. The van der Waals surface area contributed by atoms with Crippen molar-refractivity contribution in [3.05, 3.63) is 137 Å². The summed E-state index contributed by atoms with van der Waals surface area (Å²) in [6.07, 6.45) is 10.6. The lowest BCUT2D eigenvalue weighted by Crippen LogP contribution is -2.73. The fraction of sp³-hybridized carbons (Fsp3) is 0.464. The van der Waals surface area contributed by atoms with Gasteiger partial charge in [0.1, 0.15) is 0 Å². The minimum absolute atomic E-state index is 0.0365. The van der Waals surface area contributed by atoms with Gasteiger partial charge in [-0.1, -0.05) is 134 Å². The minimum atomic E-state index is 0.0365. The molecule has 0 radical (unpaired) electrons. The number of hydrogen-bond acceptors (Lipinski definition) is 1. The Morgan fingerprint density at radius 1 is 0.456 bits per heavy atom. The Hall–Kier alpha value is -4.10. The van der Waals surface area contributed by atoms with Crippen molar-refractivity contribution >= 4 is 17.1 Å². The Morgan fingerprint density at radius 2 is 1.02 bits per heavy atom. The molecule has 6 atom stereocenters. The molecule has 12 rings (SSSR count). The van der Waals surface area contributed by atoms with E-state index in [0.717, 1.165) is 23.7 Å². The molecule has 0 saturated heterocycles. The number of anilines is 3. The van der Waals surface area contributed by atoms with Crippen molar-refractivity contribution < 1.29 is 0 Å². The molecule has 2 bridgehead atoms. The maximum Gasteiger partial charge on any atom is 0.0543 e. The predicted molar refractivity (Wildman–Crippen MR) is 238 cm³/mol. The van der Waals surface area contributed by atoms with E-state index in [9.17, 15) is 0 Å². The molecule has 0 amide bonds. The number of benzene rings is 5. The van der Waals surface area contributed by atoms with Crippen LogP contribution < -0.4 is 4.90 Å². The molecule has 4 saturated carbocycles. The van der Waals surface area contributed by atoms with E-state index in [1.165, 1.54) is 102 Å². The van der Waals surface area contributed by atoms with Gasteiger partial charge in [-0.2, -0.15) is 0 Å². The summed E-state index contributed by atoms with van der Waals surface area (Å²) in [5.41, 5.74) is 20.2. The van der Waals surface area contributed by atoms with Crippen molar-refractivity contribution in [1.82, 2.24) is 0 Å². The van der Waals surface area contributed by atoms with Crippen LogP contribution >= 0.6 is 0 Å². The smallest absolute Gasteiger partial charge is 0.0543 e. The summed E-state index contributed by atoms with van der Waals surface area (Å²) in [7, 11) is 0. The monoisotopic (exact) mass is 747 g/mol. The number of fused-ring (bicyclic) bond motifs is 10. The summed E-state index contributed by atoms with van der Waals surface area (Å²) in [5.74, 6) is 3.44. The summed E-state index contributed by atoms with van der Waals surface area (Å²) in [6, 6.07) is 41.3. The molecule has 0 aliphatic heterocycles. The highest BCUT2D eigenvalue weighted by molar-refractivity contribution is 5.97. The van der Waals surface area contributed by atoms with Crippen LogP contribution in [0, 0.1) is 29.1 Å². The zero-order chi connectivity index (χ0) is 39.1. The van der Waals surface area contributed by atoms with Crippen LogP contribution in [0.1, 0.15) is 140 Å². The molecule has 7 aliphatic carbocycles. The summed E-state index contributed by atoms with van der Waals surface area (Å²) in [4.78, 5) is 2.84. The highest BCUT2D eigenvalue weighted by Crippen LogP contribution is 2.89. The fourth-order valence-corrected chi connectivity index (χ4v) is 15.5. The Balaban J connectivity index is 1.21. The van der Waals surface area contributed by atoms with Crippen molar-refractivity contribution in [2.24, 2.45) is 29.1 Å². The van der Waals surface area contributed by atoms with Gasteiger partial charge in [-0.05, 0) is 176 Å². The minimum Gasteiger partial charge on any atom is -0.309 e. The zero-order valence-corrected chi connectivity index (χ0v) is 35.7. The molecule has 5 aromatic carbocycles. The van der Waals surface area contributed by atoms with E-state index in [0.29, 0.717) is 5.41 Å². The van der Waals surface area contributed by atoms with Gasteiger partial charge in [-0.15, -0.1) is 0 Å². The van der Waals surface area contributed by atoms with Gasteiger partial charge in [0, 0.05) is 11.0 Å². The van der Waals surface area contributed by atoms with E-state index in [2.05, 4.69) is 163 Å². The van der Waals surface area contributed by atoms with E-state index in [4.69, 9.17) is 0 Å². The molecule has 0 aromatic heterocycles. The van der Waals surface area contributed by atoms with E-state index < -0.39 is 0 Å². The molecule has 1 heteroatoms. The van der Waals surface area contributed by atoms with E-state index >= 15 is 0 Å². The second-order valence-electron chi connectivity index (χ2n) is 22.7. The van der Waals surface area contributed by atoms with Crippen molar-refractivity contribution in [3.8, 4) is 22.3 Å². The van der Waals surface area contributed by atoms with Gasteiger partial charge in [-0.3, -0.25) is 0 Å². The molecule has 7 aliphatic rings. The van der Waals surface area contributed by atoms with Gasteiger partial charge in [0.05, 0.1) is 17.1 Å². The summed E-state index contributed by atoms with van der Waals surface area (Å²) in [6.45, 7) is 20.1. The molecule has 57 heavy (non-hydrogen) atoms. The van der Waals surface area contributed by atoms with Crippen LogP contribution in [0.3, 0.4) is 0 Å². The predicted octanol–water partition coefficient (Wildman–Crippen LogP) is 14.9. The normalized spacial score (nSPS) is 31.6. The van der Waals surface area contributed by atoms with Crippen LogP contribution in [0.5, 0.6) is 0 Å². The highest BCUT2D eigenvalue weighted by Gasteiger charge is 2.84. The first-order valence-corrected chi connectivity index (χ1v) is 22.6. The number of rotatable bonds is 4. The molecule has 0 heterocycles. The third-order valence-corrected chi connectivity index (χ3v) is 18.2. The van der Waals surface area contributed by atoms with Crippen molar-refractivity contribution in [3.63, 3.8) is 0 Å². The van der Waals surface area contributed by atoms with Crippen molar-refractivity contribution in [2.75, 3.05) is 4.90 Å². The first-order chi connectivity index (χ1) is 27.2. The van der Waals surface area contributed by atoms with Crippen LogP contribution in [0.25, 0.3) is 22.3 Å². The number of hydrogen-bond donors (Lipinski definition) is 0. The van der Waals surface area contributed by atoms with Gasteiger partial charge < -0.3 is 4.90 Å². The maximum atomic E-state index is 2.84. The Bertz CT molecular complexity index is 2450. The standard InChI is InChI=1S/C56H61N/c1-51(2)24-26-53(5,6)49-41(51)20-14-22-44(49)57(45-23-15-21-42-50(45)54(7,8)27-25-52(42,3)4)46-32-43-39(31-38(46)35-16-10-9-11-17-35)37-18-12-13-19-40(37)56(43)47-29-34-28-36-30-48(56)55(36,47)33-34/h9-23,31-32,34,36,47-48H,24-30,33H2,1-8H3. The van der Waals surface area contributed by atoms with E-state index in [1.807, 2.05) is 0 Å². The molecule has 5 aromatic rings. The van der Waals surface area contributed by atoms with Crippen molar-refractivity contribution in [2.45, 2.75) is 134 Å². The molecule has 4 fully saturated rings. The highest BCUT2D eigenvalue weighted by atomic mass is 15.2. The third-order valence-electron chi connectivity index (χ3n) is 18.2. The van der Waals surface area contributed by atoms with Gasteiger partial charge >= 0.3 is 0 Å². The van der Waals surface area contributed by atoms with Gasteiger partial charge in [0.25, 0.3) is 0 Å². The van der Waals surface area contributed by atoms with Gasteiger partial charge in [0.2, 0.25) is 0 Å². The topological polar surface area (TPSA) is 3.24 Å². The lowest BCUT2D eigenvalue weighted by Gasteiger charge is -2.76. The van der Waals surface area contributed by atoms with Gasteiger partial charge in [0.15, 0.2) is 0 Å². The summed E-state index contributed by atoms with van der Waals surface area (Å²) in [5, 5.41) is 0.